The summed E-state index contributed by atoms with van der Waals surface area (Å²) in [6.07, 6.45) is 0.532. The van der Waals surface area contributed by atoms with Gasteiger partial charge in [-0.25, -0.2) is 4.98 Å². The van der Waals surface area contributed by atoms with Crippen LogP contribution in [0.4, 0.5) is 0 Å². The van der Waals surface area contributed by atoms with Crippen molar-refractivity contribution < 1.29 is 4.74 Å². The molecule has 0 fully saturated rings. The minimum atomic E-state index is -0.118. The van der Waals surface area contributed by atoms with Crippen molar-refractivity contribution in [3.05, 3.63) is 99.6 Å². The second-order valence-corrected chi connectivity index (χ2v) is 6.57. The summed E-state index contributed by atoms with van der Waals surface area (Å²) in [6, 6.07) is 22.6. The molecule has 0 atom stereocenters. The summed E-state index contributed by atoms with van der Waals surface area (Å²) >= 11 is 6.30. The Bertz CT molecular complexity index is 1170. The maximum atomic E-state index is 13.3. The van der Waals surface area contributed by atoms with Gasteiger partial charge in [-0.1, -0.05) is 54.1 Å². The molecule has 5 heteroatoms. The molecular formula is C22H17ClN2O2. The number of para-hydroxylation sites is 1. The Hall–Kier alpha value is -3.11. The molecular weight excluding hydrogens is 360 g/mol. The summed E-state index contributed by atoms with van der Waals surface area (Å²) in [5.74, 6) is 1.22. The predicted octanol–water partition coefficient (Wildman–Crippen LogP) is 4.64. The molecule has 4 rings (SSSR count). The smallest absolute Gasteiger partial charge is 0.265 e. The summed E-state index contributed by atoms with van der Waals surface area (Å²) in [6.45, 7) is 0. The van der Waals surface area contributed by atoms with E-state index in [0.717, 1.165) is 5.56 Å². The van der Waals surface area contributed by atoms with Crippen LogP contribution in [0.15, 0.2) is 77.6 Å². The number of nitrogens with zero attached hydrogens (tertiary/aromatic N) is 2. The van der Waals surface area contributed by atoms with E-state index in [-0.39, 0.29) is 5.56 Å². The number of fused-ring (bicyclic) bond motifs is 1. The highest BCUT2D eigenvalue weighted by atomic mass is 35.5. The average Bonchev–Trinajstić information content (AvgIpc) is 2.69. The van der Waals surface area contributed by atoms with Gasteiger partial charge in [0, 0.05) is 6.42 Å². The molecule has 3 aromatic carbocycles. The lowest BCUT2D eigenvalue weighted by Gasteiger charge is -2.15. The number of hydrogen-bond donors (Lipinski definition) is 0. The minimum absolute atomic E-state index is 0.118. The lowest BCUT2D eigenvalue weighted by atomic mass is 10.1. The molecule has 0 saturated carbocycles. The Labute approximate surface area is 161 Å². The highest BCUT2D eigenvalue weighted by molar-refractivity contribution is 6.32. The van der Waals surface area contributed by atoms with Crippen LogP contribution in [0.3, 0.4) is 0 Å². The summed E-state index contributed by atoms with van der Waals surface area (Å²) in [5.41, 5.74) is 2.31. The number of hydrogen-bond acceptors (Lipinski definition) is 3. The van der Waals surface area contributed by atoms with Crippen LogP contribution >= 0.6 is 11.6 Å². The zero-order valence-corrected chi connectivity index (χ0v) is 15.5. The van der Waals surface area contributed by atoms with Gasteiger partial charge in [-0.15, -0.1) is 0 Å². The first-order valence-electron chi connectivity index (χ1n) is 8.56. The number of halogens is 1. The van der Waals surface area contributed by atoms with Crippen LogP contribution in [0, 0.1) is 0 Å². The third-order valence-corrected chi connectivity index (χ3v) is 4.74. The average molecular weight is 377 g/mol. The first kappa shape index (κ1) is 17.3. The highest BCUT2D eigenvalue weighted by Gasteiger charge is 2.14. The quantitative estimate of drug-likeness (QED) is 0.521. The number of benzene rings is 3. The second-order valence-electron chi connectivity index (χ2n) is 6.17. The number of methoxy groups -OCH3 is 1. The molecule has 0 aliphatic heterocycles. The van der Waals surface area contributed by atoms with E-state index < -0.39 is 0 Å². The lowest BCUT2D eigenvalue weighted by molar-refractivity contribution is 0.415. The van der Waals surface area contributed by atoms with Gasteiger partial charge in [0.1, 0.15) is 11.6 Å². The van der Waals surface area contributed by atoms with Gasteiger partial charge >= 0.3 is 0 Å². The number of rotatable bonds is 4. The van der Waals surface area contributed by atoms with E-state index in [1.54, 1.807) is 29.9 Å². The van der Waals surface area contributed by atoms with E-state index in [1.165, 1.54) is 0 Å². The van der Waals surface area contributed by atoms with E-state index >= 15 is 0 Å². The zero-order chi connectivity index (χ0) is 18.8. The third-order valence-electron chi connectivity index (χ3n) is 4.44. The normalized spacial score (nSPS) is 10.9. The van der Waals surface area contributed by atoms with Crippen molar-refractivity contribution in [2.75, 3.05) is 7.11 Å². The van der Waals surface area contributed by atoms with Gasteiger partial charge in [0.05, 0.1) is 28.7 Å². The summed E-state index contributed by atoms with van der Waals surface area (Å²) < 4.78 is 6.85. The lowest BCUT2D eigenvalue weighted by Crippen LogP contribution is -2.24. The summed E-state index contributed by atoms with van der Waals surface area (Å²) in [4.78, 5) is 18.0. The van der Waals surface area contributed by atoms with Crippen molar-refractivity contribution in [3.8, 4) is 11.4 Å². The second kappa shape index (κ2) is 7.25. The molecule has 0 bridgehead atoms. The van der Waals surface area contributed by atoms with Crippen LogP contribution in [0.25, 0.3) is 16.6 Å². The Morgan fingerprint density at radius 2 is 1.74 bits per heavy atom. The van der Waals surface area contributed by atoms with Crippen molar-refractivity contribution in [1.29, 1.82) is 0 Å². The van der Waals surface area contributed by atoms with Crippen molar-refractivity contribution in [2.24, 2.45) is 0 Å². The molecule has 0 saturated heterocycles. The number of aromatic nitrogens is 2. The van der Waals surface area contributed by atoms with Gasteiger partial charge in [0.15, 0.2) is 0 Å². The Morgan fingerprint density at radius 1 is 1.00 bits per heavy atom. The maximum Gasteiger partial charge on any atom is 0.265 e. The van der Waals surface area contributed by atoms with Crippen molar-refractivity contribution in [1.82, 2.24) is 9.55 Å². The Kier molecular flexibility index (Phi) is 4.65. The van der Waals surface area contributed by atoms with E-state index in [0.29, 0.717) is 39.6 Å². The van der Waals surface area contributed by atoms with Crippen LogP contribution in [0.1, 0.15) is 11.4 Å². The molecule has 0 amide bonds. The van der Waals surface area contributed by atoms with Gasteiger partial charge in [-0.05, 0) is 35.9 Å². The fraction of sp³-hybridized carbons (Fsp3) is 0.0909. The zero-order valence-electron chi connectivity index (χ0n) is 14.7. The predicted molar refractivity (Wildman–Crippen MR) is 108 cm³/mol. The van der Waals surface area contributed by atoms with Crippen molar-refractivity contribution in [2.45, 2.75) is 6.42 Å². The maximum absolute atomic E-state index is 13.3. The minimum Gasteiger partial charge on any atom is -0.495 e. The fourth-order valence-corrected chi connectivity index (χ4v) is 3.39. The summed E-state index contributed by atoms with van der Waals surface area (Å²) in [7, 11) is 1.56. The largest absolute Gasteiger partial charge is 0.495 e. The molecule has 0 aliphatic rings. The summed E-state index contributed by atoms with van der Waals surface area (Å²) in [5, 5.41) is 1.02. The molecule has 0 N–H and O–H groups in total. The Morgan fingerprint density at radius 3 is 2.48 bits per heavy atom. The van der Waals surface area contributed by atoms with E-state index in [1.807, 2.05) is 54.6 Å². The highest BCUT2D eigenvalue weighted by Crippen LogP contribution is 2.27. The SMILES string of the molecule is COc1ccc(-n2c(Cc3ccccc3)nc3ccccc3c2=O)cc1Cl. The van der Waals surface area contributed by atoms with Crippen LogP contribution in [0.5, 0.6) is 5.75 Å². The van der Waals surface area contributed by atoms with Gasteiger partial charge in [0.2, 0.25) is 0 Å². The first-order chi connectivity index (χ1) is 13.2. The fourth-order valence-electron chi connectivity index (χ4n) is 3.14. The molecule has 4 nitrogen and oxygen atoms in total. The Balaban J connectivity index is 1.96. The van der Waals surface area contributed by atoms with E-state index in [2.05, 4.69) is 0 Å². The van der Waals surface area contributed by atoms with Crippen molar-refractivity contribution in [3.63, 3.8) is 0 Å². The molecule has 4 aromatic rings. The standard InChI is InChI=1S/C22H17ClN2O2/c1-27-20-12-11-16(14-18(20)23)25-21(13-15-7-3-2-4-8-15)24-19-10-6-5-9-17(19)22(25)26/h2-12,14H,13H2,1H3. The molecule has 0 radical (unpaired) electrons. The van der Waals surface area contributed by atoms with E-state index in [4.69, 9.17) is 21.3 Å². The molecule has 27 heavy (non-hydrogen) atoms. The van der Waals surface area contributed by atoms with Gasteiger partial charge in [-0.3, -0.25) is 9.36 Å². The molecule has 0 aliphatic carbocycles. The molecule has 0 unspecified atom stereocenters. The monoisotopic (exact) mass is 376 g/mol. The van der Waals surface area contributed by atoms with Crippen molar-refractivity contribution >= 4 is 22.5 Å². The first-order valence-corrected chi connectivity index (χ1v) is 8.93. The molecule has 1 heterocycles. The van der Waals surface area contributed by atoms with Crippen LogP contribution in [0.2, 0.25) is 5.02 Å². The van der Waals surface area contributed by atoms with Gasteiger partial charge in [-0.2, -0.15) is 0 Å². The van der Waals surface area contributed by atoms with Gasteiger partial charge in [0.25, 0.3) is 5.56 Å². The molecule has 0 spiro atoms. The van der Waals surface area contributed by atoms with Crippen LogP contribution in [-0.2, 0) is 6.42 Å². The number of ether oxygens (including phenoxy) is 1. The molecule has 1 aromatic heterocycles. The van der Waals surface area contributed by atoms with Crippen LogP contribution < -0.4 is 10.3 Å². The molecule has 134 valence electrons. The van der Waals surface area contributed by atoms with Gasteiger partial charge < -0.3 is 4.74 Å². The van der Waals surface area contributed by atoms with Crippen LogP contribution in [-0.4, -0.2) is 16.7 Å². The topological polar surface area (TPSA) is 44.1 Å². The van der Waals surface area contributed by atoms with E-state index in [9.17, 15) is 4.79 Å². The third kappa shape index (κ3) is 3.32.